The quantitative estimate of drug-likeness (QED) is 0.881. The van der Waals surface area contributed by atoms with Crippen molar-refractivity contribution in [2.24, 2.45) is 0 Å². The van der Waals surface area contributed by atoms with Crippen molar-refractivity contribution >= 4 is 0 Å². The lowest BCUT2D eigenvalue weighted by atomic mass is 10.1. The number of nitrogens with one attached hydrogen (secondary N) is 1. The first-order chi connectivity index (χ1) is 8.76. The van der Waals surface area contributed by atoms with Gasteiger partial charge >= 0.3 is 0 Å². The highest BCUT2D eigenvalue weighted by atomic mass is 19.1. The second kappa shape index (κ2) is 5.73. The fraction of sp³-hybridized carbons (Fsp3) is 0.385. The molecule has 0 amide bonds. The summed E-state index contributed by atoms with van der Waals surface area (Å²) < 4.78 is 15.0. The van der Waals surface area contributed by atoms with Gasteiger partial charge in [0, 0.05) is 18.9 Å². The smallest absolute Gasteiger partial charge is 0.141 e. The zero-order valence-corrected chi connectivity index (χ0v) is 10.6. The molecule has 2 aromatic rings. The zero-order chi connectivity index (χ0) is 13.0. The minimum atomic E-state index is -0.328. The SMILES string of the molecule is CCCn1ccnc1C(NC)c1ccc(F)cn1. The van der Waals surface area contributed by atoms with E-state index in [1.54, 1.807) is 12.3 Å². The molecule has 0 saturated heterocycles. The summed E-state index contributed by atoms with van der Waals surface area (Å²) in [6.07, 6.45) is 6.00. The second-order valence-corrected chi connectivity index (χ2v) is 4.10. The van der Waals surface area contributed by atoms with Gasteiger partial charge in [-0.3, -0.25) is 4.98 Å². The van der Waals surface area contributed by atoms with Crippen molar-refractivity contribution in [2.45, 2.75) is 25.9 Å². The summed E-state index contributed by atoms with van der Waals surface area (Å²) in [5.41, 5.74) is 0.766. The first-order valence-corrected chi connectivity index (χ1v) is 6.06. The predicted molar refractivity (Wildman–Crippen MR) is 67.6 cm³/mol. The first kappa shape index (κ1) is 12.7. The van der Waals surface area contributed by atoms with Crippen molar-refractivity contribution in [3.8, 4) is 0 Å². The monoisotopic (exact) mass is 248 g/mol. The van der Waals surface area contributed by atoms with E-state index in [-0.39, 0.29) is 11.9 Å². The highest BCUT2D eigenvalue weighted by molar-refractivity contribution is 5.18. The lowest BCUT2D eigenvalue weighted by molar-refractivity contribution is 0.554. The molecule has 4 nitrogen and oxygen atoms in total. The Bertz CT molecular complexity index is 492. The molecule has 5 heteroatoms. The molecule has 0 aromatic carbocycles. The topological polar surface area (TPSA) is 42.7 Å². The molecular weight excluding hydrogens is 231 g/mol. The molecule has 0 saturated carbocycles. The van der Waals surface area contributed by atoms with Crippen molar-refractivity contribution in [3.63, 3.8) is 0 Å². The van der Waals surface area contributed by atoms with E-state index in [4.69, 9.17) is 0 Å². The van der Waals surface area contributed by atoms with Gasteiger partial charge in [-0.05, 0) is 25.6 Å². The molecule has 1 N–H and O–H groups in total. The van der Waals surface area contributed by atoms with E-state index in [2.05, 4.69) is 26.8 Å². The maximum atomic E-state index is 12.9. The summed E-state index contributed by atoms with van der Waals surface area (Å²) in [6.45, 7) is 3.03. The fourth-order valence-electron chi connectivity index (χ4n) is 1.98. The number of nitrogens with zero attached hydrogens (tertiary/aromatic N) is 3. The fourth-order valence-corrected chi connectivity index (χ4v) is 1.98. The van der Waals surface area contributed by atoms with E-state index in [0.717, 1.165) is 24.5 Å². The molecule has 2 aromatic heterocycles. The molecule has 1 unspecified atom stereocenters. The molecule has 0 fully saturated rings. The Balaban J connectivity index is 2.32. The minimum Gasteiger partial charge on any atom is -0.333 e. The van der Waals surface area contributed by atoms with E-state index in [1.165, 1.54) is 12.3 Å². The summed E-state index contributed by atoms with van der Waals surface area (Å²) in [6, 6.07) is 2.98. The number of aryl methyl sites for hydroxylation is 1. The molecular formula is C13H17FN4. The molecule has 0 bridgehead atoms. The molecule has 18 heavy (non-hydrogen) atoms. The van der Waals surface area contributed by atoms with Crippen LogP contribution in [0.25, 0.3) is 0 Å². The van der Waals surface area contributed by atoms with E-state index in [9.17, 15) is 4.39 Å². The van der Waals surface area contributed by atoms with Crippen molar-refractivity contribution in [2.75, 3.05) is 7.05 Å². The number of hydrogen-bond acceptors (Lipinski definition) is 3. The van der Waals surface area contributed by atoms with Gasteiger partial charge in [0.2, 0.25) is 0 Å². The summed E-state index contributed by atoms with van der Waals surface area (Å²) in [5, 5.41) is 3.17. The van der Waals surface area contributed by atoms with Crippen LogP contribution in [0.15, 0.2) is 30.7 Å². The van der Waals surface area contributed by atoms with Gasteiger partial charge in [0.25, 0.3) is 0 Å². The number of halogens is 1. The average molecular weight is 248 g/mol. The summed E-state index contributed by atoms with van der Waals surface area (Å²) in [4.78, 5) is 8.49. The number of imidazole rings is 1. The van der Waals surface area contributed by atoms with E-state index in [1.807, 2.05) is 13.2 Å². The molecule has 0 aliphatic rings. The maximum absolute atomic E-state index is 12.9. The lowest BCUT2D eigenvalue weighted by Gasteiger charge is -2.16. The van der Waals surface area contributed by atoms with Crippen LogP contribution in [-0.4, -0.2) is 21.6 Å². The molecule has 96 valence electrons. The largest absolute Gasteiger partial charge is 0.333 e. The number of aromatic nitrogens is 3. The normalized spacial score (nSPS) is 12.6. The molecule has 2 heterocycles. The van der Waals surface area contributed by atoms with Crippen LogP contribution >= 0.6 is 0 Å². The van der Waals surface area contributed by atoms with E-state index >= 15 is 0 Å². The van der Waals surface area contributed by atoms with Crippen LogP contribution in [0.4, 0.5) is 4.39 Å². The van der Waals surface area contributed by atoms with Crippen molar-refractivity contribution in [3.05, 3.63) is 48.1 Å². The number of pyridine rings is 1. The van der Waals surface area contributed by atoms with Crippen LogP contribution in [0, 0.1) is 5.82 Å². The Labute approximate surface area is 106 Å². The Kier molecular flexibility index (Phi) is 4.04. The summed E-state index contributed by atoms with van der Waals surface area (Å²) in [5.74, 6) is 0.573. The third kappa shape index (κ3) is 2.56. The van der Waals surface area contributed by atoms with E-state index < -0.39 is 0 Å². The van der Waals surface area contributed by atoms with Crippen LogP contribution in [-0.2, 0) is 6.54 Å². The Morgan fingerprint density at radius 3 is 2.83 bits per heavy atom. The van der Waals surface area contributed by atoms with Crippen LogP contribution < -0.4 is 5.32 Å². The Morgan fingerprint density at radius 1 is 1.39 bits per heavy atom. The third-order valence-corrected chi connectivity index (χ3v) is 2.81. The Morgan fingerprint density at radius 2 is 2.22 bits per heavy atom. The molecule has 0 spiro atoms. The van der Waals surface area contributed by atoms with Crippen molar-refractivity contribution in [1.82, 2.24) is 19.9 Å². The number of hydrogen-bond donors (Lipinski definition) is 1. The van der Waals surface area contributed by atoms with Crippen LogP contribution in [0.2, 0.25) is 0 Å². The van der Waals surface area contributed by atoms with Gasteiger partial charge in [-0.1, -0.05) is 6.92 Å². The van der Waals surface area contributed by atoms with Gasteiger partial charge in [-0.2, -0.15) is 0 Å². The highest BCUT2D eigenvalue weighted by Crippen LogP contribution is 2.18. The highest BCUT2D eigenvalue weighted by Gasteiger charge is 2.18. The first-order valence-electron chi connectivity index (χ1n) is 6.06. The van der Waals surface area contributed by atoms with Gasteiger partial charge in [0.1, 0.15) is 17.7 Å². The average Bonchev–Trinajstić information content (AvgIpc) is 2.82. The predicted octanol–water partition coefficient (Wildman–Crippen LogP) is 2.14. The summed E-state index contributed by atoms with van der Waals surface area (Å²) >= 11 is 0. The zero-order valence-electron chi connectivity index (χ0n) is 10.6. The standard InChI is InChI=1S/C13H17FN4/c1-3-7-18-8-6-16-13(18)12(15-2)11-5-4-10(14)9-17-11/h4-6,8-9,12,15H,3,7H2,1-2H3. The summed E-state index contributed by atoms with van der Waals surface area (Å²) in [7, 11) is 1.85. The van der Waals surface area contributed by atoms with Gasteiger partial charge in [-0.15, -0.1) is 0 Å². The van der Waals surface area contributed by atoms with Crippen LogP contribution in [0.3, 0.4) is 0 Å². The van der Waals surface area contributed by atoms with Crippen molar-refractivity contribution in [1.29, 1.82) is 0 Å². The second-order valence-electron chi connectivity index (χ2n) is 4.10. The Hall–Kier alpha value is -1.75. The maximum Gasteiger partial charge on any atom is 0.141 e. The third-order valence-electron chi connectivity index (χ3n) is 2.81. The molecule has 2 rings (SSSR count). The molecule has 0 aliphatic carbocycles. The minimum absolute atomic E-state index is 0.118. The number of rotatable bonds is 5. The van der Waals surface area contributed by atoms with Crippen LogP contribution in [0.5, 0.6) is 0 Å². The molecule has 0 radical (unpaired) electrons. The molecule has 1 atom stereocenters. The van der Waals surface area contributed by atoms with Gasteiger partial charge in [-0.25, -0.2) is 9.37 Å². The van der Waals surface area contributed by atoms with Gasteiger partial charge in [0.15, 0.2) is 0 Å². The molecule has 0 aliphatic heterocycles. The van der Waals surface area contributed by atoms with Gasteiger partial charge in [0.05, 0.1) is 11.9 Å². The van der Waals surface area contributed by atoms with Gasteiger partial charge < -0.3 is 9.88 Å². The lowest BCUT2D eigenvalue weighted by Crippen LogP contribution is -2.23. The van der Waals surface area contributed by atoms with Crippen molar-refractivity contribution < 1.29 is 4.39 Å². The van der Waals surface area contributed by atoms with Crippen LogP contribution in [0.1, 0.15) is 30.9 Å². The van der Waals surface area contributed by atoms with E-state index in [0.29, 0.717) is 0 Å².